The maximum atomic E-state index is 12.6. The van der Waals surface area contributed by atoms with Gasteiger partial charge in [0.15, 0.2) is 0 Å². The predicted octanol–water partition coefficient (Wildman–Crippen LogP) is 4.64. The second-order valence-electron chi connectivity index (χ2n) is 9.54. The molecule has 0 unspecified atom stereocenters. The number of carbonyl (C=O) groups is 2. The molecule has 0 saturated carbocycles. The monoisotopic (exact) mass is 441 g/mol. The van der Waals surface area contributed by atoms with E-state index in [0.29, 0.717) is 24.5 Å². The summed E-state index contributed by atoms with van der Waals surface area (Å²) in [6.45, 7) is 12.0. The van der Waals surface area contributed by atoms with Crippen LogP contribution in [0.1, 0.15) is 59.9 Å². The molecule has 0 aliphatic carbocycles. The Morgan fingerprint density at radius 1 is 1.22 bits per heavy atom. The van der Waals surface area contributed by atoms with Crippen molar-refractivity contribution in [2.24, 2.45) is 5.92 Å². The van der Waals surface area contributed by atoms with E-state index in [1.165, 1.54) is 12.4 Å². The molecule has 3 rings (SSSR count). The SMILES string of the molecule is CC[C@@H](CC(=O)OC(C)(C)C)C(=O)Nc1cnc(Oc2cccc3c2C(C)(C)CO3)nc1. The standard InChI is InChI=1S/C24H31N3O5/c1-7-15(11-19(28)32-23(2,3)4)21(29)27-16-12-25-22(26-13-16)31-18-10-8-9-17-20(18)24(5,6)14-30-17/h8-10,12-13,15H,7,11,14H2,1-6H3,(H,27,29)/t15-/m0/s1. The molecule has 0 bridgehead atoms. The molecule has 2 aromatic rings. The number of nitrogens with zero attached hydrogens (tertiary/aromatic N) is 2. The van der Waals surface area contributed by atoms with Crippen molar-refractivity contribution < 1.29 is 23.8 Å². The van der Waals surface area contributed by atoms with Crippen LogP contribution in [0.25, 0.3) is 0 Å². The van der Waals surface area contributed by atoms with E-state index in [9.17, 15) is 9.59 Å². The number of ether oxygens (including phenoxy) is 3. The summed E-state index contributed by atoms with van der Waals surface area (Å²) in [5, 5.41) is 2.76. The minimum Gasteiger partial charge on any atom is -0.492 e. The first-order valence-corrected chi connectivity index (χ1v) is 10.8. The summed E-state index contributed by atoms with van der Waals surface area (Å²) in [7, 11) is 0. The summed E-state index contributed by atoms with van der Waals surface area (Å²) in [6.07, 6.45) is 3.47. The fourth-order valence-electron chi connectivity index (χ4n) is 3.50. The van der Waals surface area contributed by atoms with E-state index in [1.807, 2.05) is 25.1 Å². The van der Waals surface area contributed by atoms with Crippen molar-refractivity contribution in [1.29, 1.82) is 0 Å². The van der Waals surface area contributed by atoms with Gasteiger partial charge in [0, 0.05) is 16.9 Å². The number of benzene rings is 1. The van der Waals surface area contributed by atoms with Crippen molar-refractivity contribution >= 4 is 17.6 Å². The first-order valence-electron chi connectivity index (χ1n) is 10.8. The molecular weight excluding hydrogens is 410 g/mol. The Kier molecular flexibility index (Phi) is 6.71. The van der Waals surface area contributed by atoms with E-state index in [2.05, 4.69) is 29.1 Å². The third-order valence-electron chi connectivity index (χ3n) is 5.05. The highest BCUT2D eigenvalue weighted by molar-refractivity contribution is 5.94. The maximum absolute atomic E-state index is 12.6. The second kappa shape index (κ2) is 9.14. The Hall–Kier alpha value is -3.16. The highest BCUT2D eigenvalue weighted by Crippen LogP contribution is 2.44. The third-order valence-corrected chi connectivity index (χ3v) is 5.05. The topological polar surface area (TPSA) is 99.6 Å². The number of nitrogens with one attached hydrogen (secondary N) is 1. The van der Waals surface area contributed by atoms with Crippen LogP contribution >= 0.6 is 0 Å². The van der Waals surface area contributed by atoms with Gasteiger partial charge in [-0.05, 0) is 39.3 Å². The Morgan fingerprint density at radius 2 is 1.91 bits per heavy atom. The van der Waals surface area contributed by atoms with E-state index in [0.717, 1.165) is 11.3 Å². The van der Waals surface area contributed by atoms with Gasteiger partial charge >= 0.3 is 12.0 Å². The van der Waals surface area contributed by atoms with Crippen LogP contribution in [-0.2, 0) is 19.7 Å². The number of aromatic nitrogens is 2. The number of amides is 1. The summed E-state index contributed by atoms with van der Waals surface area (Å²) < 4.78 is 17.0. The highest BCUT2D eigenvalue weighted by atomic mass is 16.6. The number of anilines is 1. The minimum atomic E-state index is -0.588. The molecule has 1 amide bonds. The van der Waals surface area contributed by atoms with Crippen molar-refractivity contribution in [3.63, 3.8) is 0 Å². The summed E-state index contributed by atoms with van der Waals surface area (Å²) >= 11 is 0. The summed E-state index contributed by atoms with van der Waals surface area (Å²) in [5.74, 6) is 0.254. The van der Waals surface area contributed by atoms with Gasteiger partial charge in [-0.1, -0.05) is 26.8 Å². The third kappa shape index (κ3) is 5.75. The number of hydrogen-bond donors (Lipinski definition) is 1. The van der Waals surface area contributed by atoms with Crippen molar-refractivity contribution in [1.82, 2.24) is 9.97 Å². The molecule has 0 spiro atoms. The van der Waals surface area contributed by atoms with Crippen LogP contribution in [0.4, 0.5) is 5.69 Å². The van der Waals surface area contributed by atoms with Gasteiger partial charge in [0.25, 0.3) is 0 Å². The lowest BCUT2D eigenvalue weighted by Crippen LogP contribution is -2.29. The van der Waals surface area contributed by atoms with Crippen molar-refractivity contribution in [3.05, 3.63) is 36.2 Å². The lowest BCUT2D eigenvalue weighted by atomic mass is 9.86. The van der Waals surface area contributed by atoms with E-state index in [1.54, 1.807) is 20.8 Å². The second-order valence-corrected chi connectivity index (χ2v) is 9.54. The van der Waals surface area contributed by atoms with E-state index >= 15 is 0 Å². The van der Waals surface area contributed by atoms with E-state index in [4.69, 9.17) is 14.2 Å². The van der Waals surface area contributed by atoms with Crippen LogP contribution in [0.15, 0.2) is 30.6 Å². The molecule has 1 aromatic heterocycles. The molecule has 0 fully saturated rings. The van der Waals surface area contributed by atoms with Gasteiger partial charge in [0.05, 0.1) is 31.1 Å². The molecule has 1 aliphatic rings. The molecular formula is C24H31N3O5. The molecule has 2 heterocycles. The van der Waals surface area contributed by atoms with Crippen molar-refractivity contribution in [3.8, 4) is 17.5 Å². The fraction of sp³-hybridized carbons (Fsp3) is 0.500. The average molecular weight is 442 g/mol. The molecule has 1 atom stereocenters. The molecule has 1 aliphatic heterocycles. The number of hydrogen-bond acceptors (Lipinski definition) is 7. The molecule has 0 saturated heterocycles. The molecule has 8 heteroatoms. The number of carbonyl (C=O) groups excluding carboxylic acids is 2. The smallest absolute Gasteiger partial charge is 0.322 e. The van der Waals surface area contributed by atoms with Gasteiger partial charge < -0.3 is 19.5 Å². The van der Waals surface area contributed by atoms with Crippen LogP contribution < -0.4 is 14.8 Å². The summed E-state index contributed by atoms with van der Waals surface area (Å²) in [5.41, 5.74) is 0.639. The Labute approximate surface area is 188 Å². The van der Waals surface area contributed by atoms with Gasteiger partial charge in [-0.25, -0.2) is 9.97 Å². The Bertz CT molecular complexity index is 980. The maximum Gasteiger partial charge on any atom is 0.322 e. The van der Waals surface area contributed by atoms with Crippen molar-refractivity contribution in [2.45, 2.75) is 65.4 Å². The van der Waals surface area contributed by atoms with Crippen LogP contribution in [0.5, 0.6) is 17.5 Å². The molecule has 8 nitrogen and oxygen atoms in total. The zero-order valence-corrected chi connectivity index (χ0v) is 19.5. The number of rotatable bonds is 7. The van der Waals surface area contributed by atoms with Gasteiger partial charge in [-0.15, -0.1) is 0 Å². The lowest BCUT2D eigenvalue weighted by Gasteiger charge is -2.21. The zero-order valence-electron chi connectivity index (χ0n) is 19.5. The van der Waals surface area contributed by atoms with Gasteiger partial charge in [0.1, 0.15) is 17.1 Å². The van der Waals surface area contributed by atoms with E-state index in [-0.39, 0.29) is 23.8 Å². The van der Waals surface area contributed by atoms with Gasteiger partial charge in [-0.2, -0.15) is 0 Å². The highest BCUT2D eigenvalue weighted by Gasteiger charge is 2.35. The Morgan fingerprint density at radius 3 is 2.53 bits per heavy atom. The summed E-state index contributed by atoms with van der Waals surface area (Å²) in [6, 6.07) is 5.80. The minimum absolute atomic E-state index is 0.0125. The molecule has 172 valence electrons. The first-order chi connectivity index (χ1) is 15.0. The van der Waals surface area contributed by atoms with Crippen LogP contribution in [0.3, 0.4) is 0 Å². The molecule has 1 aromatic carbocycles. The quantitative estimate of drug-likeness (QED) is 0.625. The van der Waals surface area contributed by atoms with Gasteiger partial charge in [0.2, 0.25) is 5.91 Å². The van der Waals surface area contributed by atoms with E-state index < -0.39 is 17.5 Å². The van der Waals surface area contributed by atoms with Crippen LogP contribution in [0.2, 0.25) is 0 Å². The van der Waals surface area contributed by atoms with Gasteiger partial charge in [-0.3, -0.25) is 9.59 Å². The number of fused-ring (bicyclic) bond motifs is 1. The van der Waals surface area contributed by atoms with Crippen molar-refractivity contribution in [2.75, 3.05) is 11.9 Å². The lowest BCUT2D eigenvalue weighted by molar-refractivity contribution is -0.157. The van der Waals surface area contributed by atoms with Crippen LogP contribution in [0, 0.1) is 5.92 Å². The summed E-state index contributed by atoms with van der Waals surface area (Å²) in [4.78, 5) is 33.1. The Balaban J connectivity index is 1.63. The molecule has 0 radical (unpaired) electrons. The number of esters is 1. The predicted molar refractivity (Wildman–Crippen MR) is 120 cm³/mol. The zero-order chi connectivity index (χ0) is 23.5. The van der Waals surface area contributed by atoms with Crippen LogP contribution in [-0.4, -0.2) is 34.1 Å². The molecule has 1 N–H and O–H groups in total. The normalized spacial score (nSPS) is 15.3. The largest absolute Gasteiger partial charge is 0.492 e. The molecule has 32 heavy (non-hydrogen) atoms. The fourth-order valence-corrected chi connectivity index (χ4v) is 3.50. The average Bonchev–Trinajstić information content (AvgIpc) is 3.02. The first kappa shape index (κ1) is 23.5.